The van der Waals surface area contributed by atoms with Crippen LogP contribution in [0.15, 0.2) is 53.5 Å². The second-order valence-corrected chi connectivity index (χ2v) is 6.32. The molecule has 2 heterocycles. The molecule has 1 saturated heterocycles. The largest absolute Gasteiger partial charge is 0.507 e. The van der Waals surface area contributed by atoms with E-state index in [4.69, 9.17) is 4.74 Å². The molecule has 0 saturated carbocycles. The zero-order chi connectivity index (χ0) is 17.2. The van der Waals surface area contributed by atoms with Crippen molar-refractivity contribution in [3.05, 3.63) is 64.6 Å². The van der Waals surface area contributed by atoms with Gasteiger partial charge in [-0.1, -0.05) is 30.3 Å². The average Bonchev–Trinajstić information content (AvgIpc) is 2.64. The maximum atomic E-state index is 12.0. The number of hydrogen-bond acceptors (Lipinski definition) is 4. The number of nitrogens with one attached hydrogen (secondary N) is 1. The van der Waals surface area contributed by atoms with Gasteiger partial charge >= 0.3 is 0 Å². The van der Waals surface area contributed by atoms with Gasteiger partial charge in [0.1, 0.15) is 5.75 Å². The summed E-state index contributed by atoms with van der Waals surface area (Å²) in [7, 11) is 0. The van der Waals surface area contributed by atoms with Gasteiger partial charge in [0.15, 0.2) is 0 Å². The van der Waals surface area contributed by atoms with Crippen LogP contribution in [0.25, 0.3) is 21.9 Å². The number of aromatic hydroxyl groups is 1. The van der Waals surface area contributed by atoms with Crippen LogP contribution < -0.4 is 5.56 Å². The fraction of sp³-hybridized carbons (Fsp3) is 0.250. The van der Waals surface area contributed by atoms with E-state index in [1.54, 1.807) is 24.4 Å². The molecule has 5 heteroatoms. The second-order valence-electron chi connectivity index (χ2n) is 6.32. The van der Waals surface area contributed by atoms with Crippen molar-refractivity contribution >= 4 is 10.8 Å². The Bertz CT molecular complexity index is 941. The van der Waals surface area contributed by atoms with E-state index in [9.17, 15) is 9.90 Å². The van der Waals surface area contributed by atoms with E-state index in [-0.39, 0.29) is 11.3 Å². The summed E-state index contributed by atoms with van der Waals surface area (Å²) in [6.45, 7) is 4.41. The van der Waals surface area contributed by atoms with Gasteiger partial charge in [-0.25, -0.2) is 0 Å². The molecule has 0 amide bonds. The van der Waals surface area contributed by atoms with Crippen molar-refractivity contribution in [2.45, 2.75) is 6.54 Å². The van der Waals surface area contributed by atoms with Crippen molar-refractivity contribution in [2.75, 3.05) is 26.3 Å². The Hall–Kier alpha value is -2.63. The molecule has 25 heavy (non-hydrogen) atoms. The third-order valence-electron chi connectivity index (χ3n) is 4.68. The van der Waals surface area contributed by atoms with Crippen LogP contribution in [0.5, 0.6) is 5.75 Å². The van der Waals surface area contributed by atoms with E-state index in [1.165, 1.54) is 5.56 Å². The Kier molecular flexibility index (Phi) is 4.26. The Balaban J connectivity index is 1.67. The molecule has 1 fully saturated rings. The number of aromatic amines is 1. The number of phenols is 1. The third kappa shape index (κ3) is 3.16. The van der Waals surface area contributed by atoms with Crippen LogP contribution in [-0.4, -0.2) is 41.3 Å². The van der Waals surface area contributed by atoms with Gasteiger partial charge in [-0.05, 0) is 23.3 Å². The minimum Gasteiger partial charge on any atom is -0.507 e. The Morgan fingerprint density at radius 1 is 1.08 bits per heavy atom. The van der Waals surface area contributed by atoms with Crippen molar-refractivity contribution in [1.29, 1.82) is 0 Å². The smallest absolute Gasteiger partial charge is 0.255 e. The topological polar surface area (TPSA) is 65.6 Å². The van der Waals surface area contributed by atoms with E-state index in [0.29, 0.717) is 10.8 Å². The van der Waals surface area contributed by atoms with Gasteiger partial charge in [0.25, 0.3) is 5.56 Å². The molecule has 4 rings (SSSR count). The number of aromatic nitrogens is 1. The van der Waals surface area contributed by atoms with Gasteiger partial charge in [0, 0.05) is 36.8 Å². The molecule has 0 radical (unpaired) electrons. The number of rotatable bonds is 3. The number of pyridine rings is 1. The predicted octanol–water partition coefficient (Wildman–Crippen LogP) is 2.73. The monoisotopic (exact) mass is 336 g/mol. The zero-order valence-corrected chi connectivity index (χ0v) is 13.9. The molecule has 1 aliphatic rings. The molecule has 1 aliphatic heterocycles. The summed E-state index contributed by atoms with van der Waals surface area (Å²) < 4.78 is 5.38. The lowest BCUT2D eigenvalue weighted by Gasteiger charge is -2.26. The number of ether oxygens (including phenoxy) is 1. The van der Waals surface area contributed by atoms with Crippen LogP contribution in [0.1, 0.15) is 5.56 Å². The van der Waals surface area contributed by atoms with Crippen LogP contribution in [0.3, 0.4) is 0 Å². The molecule has 0 atom stereocenters. The predicted molar refractivity (Wildman–Crippen MR) is 97.8 cm³/mol. The number of H-pyrrole nitrogens is 1. The van der Waals surface area contributed by atoms with Crippen molar-refractivity contribution in [3.8, 4) is 16.9 Å². The maximum Gasteiger partial charge on any atom is 0.255 e. The first-order chi connectivity index (χ1) is 12.2. The molecule has 3 aromatic rings. The molecule has 0 bridgehead atoms. The lowest BCUT2D eigenvalue weighted by molar-refractivity contribution is 0.0342. The normalized spacial score (nSPS) is 15.5. The molecule has 128 valence electrons. The Labute approximate surface area is 145 Å². The SMILES string of the molecule is O=c1[nH]cc(-c2ccc(CN3CCOCC3)cc2)c2c(O)cccc12. The van der Waals surface area contributed by atoms with Crippen molar-refractivity contribution in [2.24, 2.45) is 0 Å². The van der Waals surface area contributed by atoms with Gasteiger partial charge in [0.05, 0.1) is 18.6 Å². The van der Waals surface area contributed by atoms with E-state index >= 15 is 0 Å². The molecular weight excluding hydrogens is 316 g/mol. The Morgan fingerprint density at radius 3 is 2.60 bits per heavy atom. The van der Waals surface area contributed by atoms with E-state index in [1.807, 2.05) is 12.1 Å². The number of benzene rings is 2. The molecule has 1 aromatic heterocycles. The first kappa shape index (κ1) is 15.9. The summed E-state index contributed by atoms with van der Waals surface area (Å²) in [6, 6.07) is 13.3. The molecule has 0 unspecified atom stereocenters. The van der Waals surface area contributed by atoms with Gasteiger partial charge in [-0.15, -0.1) is 0 Å². The van der Waals surface area contributed by atoms with Gasteiger partial charge in [0.2, 0.25) is 0 Å². The highest BCUT2D eigenvalue weighted by molar-refractivity contribution is 5.99. The van der Waals surface area contributed by atoms with Gasteiger partial charge < -0.3 is 14.8 Å². The lowest BCUT2D eigenvalue weighted by Crippen LogP contribution is -2.35. The summed E-state index contributed by atoms with van der Waals surface area (Å²) in [6.07, 6.45) is 1.67. The van der Waals surface area contributed by atoms with Gasteiger partial charge in [-0.3, -0.25) is 9.69 Å². The summed E-state index contributed by atoms with van der Waals surface area (Å²) in [4.78, 5) is 17.1. The highest BCUT2D eigenvalue weighted by Crippen LogP contribution is 2.32. The van der Waals surface area contributed by atoms with E-state index in [0.717, 1.165) is 44.0 Å². The molecule has 0 spiro atoms. The summed E-state index contributed by atoms with van der Waals surface area (Å²) >= 11 is 0. The lowest BCUT2D eigenvalue weighted by atomic mass is 9.99. The molecule has 2 aromatic carbocycles. The van der Waals surface area contributed by atoms with Crippen LogP contribution >= 0.6 is 0 Å². The number of fused-ring (bicyclic) bond motifs is 1. The summed E-state index contributed by atoms with van der Waals surface area (Å²) in [5, 5.41) is 11.3. The molecule has 2 N–H and O–H groups in total. The Morgan fingerprint density at radius 2 is 1.84 bits per heavy atom. The van der Waals surface area contributed by atoms with Crippen LogP contribution in [0.2, 0.25) is 0 Å². The average molecular weight is 336 g/mol. The fourth-order valence-corrected chi connectivity index (χ4v) is 3.33. The van der Waals surface area contributed by atoms with E-state index in [2.05, 4.69) is 22.0 Å². The van der Waals surface area contributed by atoms with Crippen molar-refractivity contribution in [1.82, 2.24) is 9.88 Å². The number of phenolic OH excluding ortho intramolecular Hbond substituents is 1. The number of nitrogens with zero attached hydrogens (tertiary/aromatic N) is 1. The molecule has 0 aliphatic carbocycles. The number of morpholine rings is 1. The minimum atomic E-state index is -0.196. The zero-order valence-electron chi connectivity index (χ0n) is 13.9. The van der Waals surface area contributed by atoms with Crippen molar-refractivity contribution in [3.63, 3.8) is 0 Å². The fourth-order valence-electron chi connectivity index (χ4n) is 3.33. The van der Waals surface area contributed by atoms with Crippen LogP contribution in [-0.2, 0) is 11.3 Å². The van der Waals surface area contributed by atoms with Crippen LogP contribution in [0.4, 0.5) is 0 Å². The minimum absolute atomic E-state index is 0.121. The maximum absolute atomic E-state index is 12.0. The first-order valence-corrected chi connectivity index (χ1v) is 8.45. The third-order valence-corrected chi connectivity index (χ3v) is 4.68. The highest BCUT2D eigenvalue weighted by atomic mass is 16.5. The van der Waals surface area contributed by atoms with Crippen LogP contribution in [0, 0.1) is 0 Å². The number of hydrogen-bond donors (Lipinski definition) is 2. The molecule has 5 nitrogen and oxygen atoms in total. The first-order valence-electron chi connectivity index (χ1n) is 8.45. The van der Waals surface area contributed by atoms with E-state index < -0.39 is 0 Å². The van der Waals surface area contributed by atoms with Crippen molar-refractivity contribution < 1.29 is 9.84 Å². The molecular formula is C20H20N2O3. The standard InChI is InChI=1S/C20H20N2O3/c23-18-3-1-2-16-19(18)17(12-21-20(16)24)15-6-4-14(5-7-15)13-22-8-10-25-11-9-22/h1-7,12,23H,8-11,13H2,(H,21,24). The summed E-state index contributed by atoms with van der Waals surface area (Å²) in [5.41, 5.74) is 2.83. The second kappa shape index (κ2) is 6.70. The quantitative estimate of drug-likeness (QED) is 0.772. The highest BCUT2D eigenvalue weighted by Gasteiger charge is 2.12. The van der Waals surface area contributed by atoms with Gasteiger partial charge in [-0.2, -0.15) is 0 Å². The summed E-state index contributed by atoms with van der Waals surface area (Å²) in [5.74, 6) is 0.121.